The lowest BCUT2D eigenvalue weighted by Crippen LogP contribution is -2.38. The van der Waals surface area contributed by atoms with E-state index in [0.29, 0.717) is 18.6 Å². The molecule has 0 spiro atoms. The second-order valence-corrected chi connectivity index (χ2v) is 4.45. The molecular weight excluding hydrogens is 202 g/mol. The number of unbranched alkanes of at least 4 members (excludes halogenated alkanes) is 1. The summed E-state index contributed by atoms with van der Waals surface area (Å²) < 4.78 is 11.0. The van der Waals surface area contributed by atoms with Crippen molar-refractivity contribution in [2.45, 2.75) is 46.6 Å². The zero-order chi connectivity index (χ0) is 12.2. The van der Waals surface area contributed by atoms with Crippen molar-refractivity contribution in [1.82, 2.24) is 5.32 Å². The van der Waals surface area contributed by atoms with Gasteiger partial charge in [-0.05, 0) is 18.9 Å². The Morgan fingerprint density at radius 1 is 1.00 bits per heavy atom. The number of likely N-dealkylation sites (N-methyl/N-ethyl adjacent to an activating group) is 1. The van der Waals surface area contributed by atoms with Crippen molar-refractivity contribution >= 4 is 0 Å². The van der Waals surface area contributed by atoms with E-state index in [1.54, 1.807) is 0 Å². The van der Waals surface area contributed by atoms with Crippen LogP contribution in [-0.2, 0) is 9.47 Å². The standard InChI is InChI=1S/C13H29NO2/c1-5-7-8-15-9-10-16-11-13(12(3)4)14-6-2/h12-14H,5-11H2,1-4H3. The molecule has 0 amide bonds. The molecule has 0 bridgehead atoms. The third-order valence-electron chi connectivity index (χ3n) is 2.58. The average Bonchev–Trinajstić information content (AvgIpc) is 2.26. The third kappa shape index (κ3) is 9.13. The van der Waals surface area contributed by atoms with Crippen molar-refractivity contribution in [3.8, 4) is 0 Å². The van der Waals surface area contributed by atoms with Crippen LogP contribution in [0.25, 0.3) is 0 Å². The second-order valence-electron chi connectivity index (χ2n) is 4.45. The summed E-state index contributed by atoms with van der Waals surface area (Å²) in [5.41, 5.74) is 0. The highest BCUT2D eigenvalue weighted by Crippen LogP contribution is 2.01. The van der Waals surface area contributed by atoms with Crippen molar-refractivity contribution in [1.29, 1.82) is 0 Å². The molecule has 0 aromatic carbocycles. The molecule has 0 aromatic heterocycles. The Morgan fingerprint density at radius 2 is 1.69 bits per heavy atom. The number of hydrogen-bond donors (Lipinski definition) is 1. The lowest BCUT2D eigenvalue weighted by atomic mass is 10.1. The van der Waals surface area contributed by atoms with Gasteiger partial charge in [0.1, 0.15) is 0 Å². The quantitative estimate of drug-likeness (QED) is 0.554. The van der Waals surface area contributed by atoms with Gasteiger partial charge in [-0.15, -0.1) is 0 Å². The number of nitrogens with one attached hydrogen (secondary N) is 1. The van der Waals surface area contributed by atoms with Crippen LogP contribution in [0.2, 0.25) is 0 Å². The Kier molecular flexibility index (Phi) is 11.3. The first kappa shape index (κ1) is 15.9. The van der Waals surface area contributed by atoms with Crippen LogP contribution in [0.3, 0.4) is 0 Å². The molecule has 0 rings (SSSR count). The Morgan fingerprint density at radius 3 is 2.25 bits per heavy atom. The summed E-state index contributed by atoms with van der Waals surface area (Å²) in [5, 5.41) is 3.43. The van der Waals surface area contributed by atoms with Crippen LogP contribution in [-0.4, -0.2) is 39.0 Å². The first-order chi connectivity index (χ1) is 7.72. The topological polar surface area (TPSA) is 30.5 Å². The van der Waals surface area contributed by atoms with Gasteiger partial charge in [-0.1, -0.05) is 34.1 Å². The second kappa shape index (κ2) is 11.4. The van der Waals surface area contributed by atoms with E-state index in [1.165, 1.54) is 6.42 Å². The normalized spacial score (nSPS) is 13.3. The maximum Gasteiger partial charge on any atom is 0.0701 e. The van der Waals surface area contributed by atoms with Crippen molar-refractivity contribution < 1.29 is 9.47 Å². The van der Waals surface area contributed by atoms with Crippen molar-refractivity contribution in [3.05, 3.63) is 0 Å². The van der Waals surface area contributed by atoms with Gasteiger partial charge in [0, 0.05) is 12.6 Å². The van der Waals surface area contributed by atoms with Crippen LogP contribution in [0.1, 0.15) is 40.5 Å². The first-order valence-electron chi connectivity index (χ1n) is 6.61. The predicted octanol–water partition coefficient (Wildman–Crippen LogP) is 2.45. The lowest BCUT2D eigenvalue weighted by Gasteiger charge is -2.21. The number of hydrogen-bond acceptors (Lipinski definition) is 3. The van der Waals surface area contributed by atoms with Gasteiger partial charge in [-0.3, -0.25) is 0 Å². The van der Waals surface area contributed by atoms with E-state index >= 15 is 0 Å². The average molecular weight is 231 g/mol. The van der Waals surface area contributed by atoms with Crippen LogP contribution < -0.4 is 5.32 Å². The van der Waals surface area contributed by atoms with Crippen LogP contribution in [0.15, 0.2) is 0 Å². The van der Waals surface area contributed by atoms with Gasteiger partial charge in [0.25, 0.3) is 0 Å². The van der Waals surface area contributed by atoms with E-state index in [9.17, 15) is 0 Å². The van der Waals surface area contributed by atoms with Gasteiger partial charge >= 0.3 is 0 Å². The van der Waals surface area contributed by atoms with E-state index < -0.39 is 0 Å². The van der Waals surface area contributed by atoms with Gasteiger partial charge in [0.2, 0.25) is 0 Å². The van der Waals surface area contributed by atoms with Crippen LogP contribution in [0, 0.1) is 5.92 Å². The molecule has 16 heavy (non-hydrogen) atoms. The molecule has 1 unspecified atom stereocenters. The number of ether oxygens (including phenoxy) is 2. The van der Waals surface area contributed by atoms with Crippen molar-refractivity contribution in [2.24, 2.45) is 5.92 Å². The molecule has 0 fully saturated rings. The minimum Gasteiger partial charge on any atom is -0.379 e. The zero-order valence-corrected chi connectivity index (χ0v) is 11.4. The first-order valence-corrected chi connectivity index (χ1v) is 6.61. The van der Waals surface area contributed by atoms with E-state index in [1.807, 2.05) is 0 Å². The summed E-state index contributed by atoms with van der Waals surface area (Å²) in [5.74, 6) is 0.612. The summed E-state index contributed by atoms with van der Waals surface area (Å²) in [7, 11) is 0. The Hall–Kier alpha value is -0.120. The molecule has 0 aliphatic carbocycles. The maximum atomic E-state index is 5.60. The minimum atomic E-state index is 0.459. The third-order valence-corrected chi connectivity index (χ3v) is 2.58. The molecule has 0 saturated carbocycles. The predicted molar refractivity (Wildman–Crippen MR) is 68.8 cm³/mol. The SMILES string of the molecule is CCCCOCCOCC(NCC)C(C)C. The summed E-state index contributed by atoms with van der Waals surface area (Å²) in [6.07, 6.45) is 2.34. The summed E-state index contributed by atoms with van der Waals surface area (Å²) in [6.45, 7) is 12.8. The van der Waals surface area contributed by atoms with E-state index in [-0.39, 0.29) is 0 Å². The lowest BCUT2D eigenvalue weighted by molar-refractivity contribution is 0.0334. The molecule has 98 valence electrons. The summed E-state index contributed by atoms with van der Waals surface area (Å²) >= 11 is 0. The Labute approximate surface area is 101 Å². The highest BCUT2D eigenvalue weighted by Gasteiger charge is 2.11. The van der Waals surface area contributed by atoms with Gasteiger partial charge in [0.05, 0.1) is 19.8 Å². The molecule has 0 aliphatic rings. The van der Waals surface area contributed by atoms with Gasteiger partial charge < -0.3 is 14.8 Å². The van der Waals surface area contributed by atoms with Crippen LogP contribution in [0.4, 0.5) is 0 Å². The highest BCUT2D eigenvalue weighted by atomic mass is 16.5. The molecule has 0 radical (unpaired) electrons. The fourth-order valence-corrected chi connectivity index (χ4v) is 1.43. The maximum absolute atomic E-state index is 5.60. The largest absolute Gasteiger partial charge is 0.379 e. The summed E-state index contributed by atoms with van der Waals surface area (Å²) in [6, 6.07) is 0.459. The molecule has 3 heteroatoms. The number of rotatable bonds is 11. The fourth-order valence-electron chi connectivity index (χ4n) is 1.43. The molecule has 0 heterocycles. The monoisotopic (exact) mass is 231 g/mol. The van der Waals surface area contributed by atoms with Gasteiger partial charge in [0.15, 0.2) is 0 Å². The Balaban J connectivity index is 3.33. The molecule has 0 aliphatic heterocycles. The van der Waals surface area contributed by atoms with E-state index in [2.05, 4.69) is 33.0 Å². The molecule has 1 N–H and O–H groups in total. The van der Waals surface area contributed by atoms with Gasteiger partial charge in [-0.2, -0.15) is 0 Å². The van der Waals surface area contributed by atoms with Crippen LogP contribution in [0.5, 0.6) is 0 Å². The fraction of sp³-hybridized carbons (Fsp3) is 1.00. The molecule has 1 atom stereocenters. The molecule has 0 aromatic rings. The zero-order valence-electron chi connectivity index (χ0n) is 11.4. The minimum absolute atomic E-state index is 0.459. The van der Waals surface area contributed by atoms with Crippen LogP contribution >= 0.6 is 0 Å². The molecule has 0 saturated heterocycles. The molecular formula is C13H29NO2. The van der Waals surface area contributed by atoms with Gasteiger partial charge in [-0.25, -0.2) is 0 Å². The van der Waals surface area contributed by atoms with Crippen molar-refractivity contribution in [2.75, 3.05) is 33.0 Å². The van der Waals surface area contributed by atoms with Crippen molar-refractivity contribution in [3.63, 3.8) is 0 Å². The smallest absolute Gasteiger partial charge is 0.0701 e. The highest BCUT2D eigenvalue weighted by molar-refractivity contribution is 4.68. The molecule has 3 nitrogen and oxygen atoms in total. The Bertz CT molecular complexity index is 140. The van der Waals surface area contributed by atoms with E-state index in [4.69, 9.17) is 9.47 Å². The summed E-state index contributed by atoms with van der Waals surface area (Å²) in [4.78, 5) is 0. The van der Waals surface area contributed by atoms with E-state index in [0.717, 1.165) is 32.8 Å².